The standard InChI is InChI=1S/C13H25F2N3.3ClH/c1-10(2)17-6-8-18(9-7-17)11-4-3-5-13(14,15)12(11)16;;;/h10-12H,3-9,16H2,1-2H3;3*1H. The molecule has 0 aromatic heterocycles. The Bertz CT molecular complexity index is 288. The number of nitrogens with two attached hydrogens (primary N) is 1. The number of hydrogen-bond donors (Lipinski definition) is 1. The molecule has 0 spiro atoms. The minimum Gasteiger partial charge on any atom is -0.321 e. The Morgan fingerprint density at radius 2 is 1.57 bits per heavy atom. The van der Waals surface area contributed by atoms with Gasteiger partial charge in [0, 0.05) is 44.7 Å². The molecule has 3 nitrogen and oxygen atoms in total. The number of halogens is 5. The van der Waals surface area contributed by atoms with Crippen LogP contribution >= 0.6 is 37.2 Å². The van der Waals surface area contributed by atoms with Gasteiger partial charge in [-0.1, -0.05) is 0 Å². The van der Waals surface area contributed by atoms with E-state index in [1.54, 1.807) is 0 Å². The van der Waals surface area contributed by atoms with Gasteiger partial charge in [-0.05, 0) is 26.7 Å². The number of alkyl halides is 2. The Hall–Kier alpha value is 0.610. The minimum absolute atomic E-state index is 0. The van der Waals surface area contributed by atoms with Crippen LogP contribution in [0.4, 0.5) is 8.78 Å². The van der Waals surface area contributed by atoms with Crippen molar-refractivity contribution in [1.82, 2.24) is 9.80 Å². The number of nitrogens with zero attached hydrogens (tertiary/aromatic N) is 2. The van der Waals surface area contributed by atoms with Gasteiger partial charge in [0.15, 0.2) is 0 Å². The van der Waals surface area contributed by atoms with E-state index in [0.29, 0.717) is 12.5 Å². The molecule has 2 aliphatic rings. The molecule has 2 fully saturated rings. The van der Waals surface area contributed by atoms with Gasteiger partial charge < -0.3 is 5.73 Å². The summed E-state index contributed by atoms with van der Waals surface area (Å²) in [5.74, 6) is -2.68. The van der Waals surface area contributed by atoms with Crippen molar-refractivity contribution in [2.24, 2.45) is 5.73 Å². The fraction of sp³-hybridized carbons (Fsp3) is 1.00. The maximum absolute atomic E-state index is 13.6. The molecule has 1 saturated carbocycles. The van der Waals surface area contributed by atoms with E-state index >= 15 is 0 Å². The zero-order valence-electron chi connectivity index (χ0n) is 12.6. The zero-order chi connectivity index (χ0) is 13.3. The van der Waals surface area contributed by atoms with Gasteiger partial charge in [0.25, 0.3) is 5.92 Å². The van der Waals surface area contributed by atoms with Crippen LogP contribution < -0.4 is 5.73 Å². The molecule has 2 atom stereocenters. The summed E-state index contributed by atoms with van der Waals surface area (Å²) in [7, 11) is 0. The molecule has 130 valence electrons. The summed E-state index contributed by atoms with van der Waals surface area (Å²) < 4.78 is 27.3. The van der Waals surface area contributed by atoms with Gasteiger partial charge in [0.1, 0.15) is 0 Å². The lowest BCUT2D eigenvalue weighted by molar-refractivity contribution is -0.0882. The fourth-order valence-corrected chi connectivity index (χ4v) is 3.17. The average molecular weight is 371 g/mol. The summed E-state index contributed by atoms with van der Waals surface area (Å²) in [5.41, 5.74) is 5.78. The van der Waals surface area contributed by atoms with E-state index in [-0.39, 0.29) is 49.7 Å². The van der Waals surface area contributed by atoms with Crippen LogP contribution in [0.5, 0.6) is 0 Å². The second kappa shape index (κ2) is 9.68. The van der Waals surface area contributed by atoms with Crippen LogP contribution in [0, 0.1) is 0 Å². The number of piperazine rings is 1. The van der Waals surface area contributed by atoms with Crippen LogP contribution in [0.2, 0.25) is 0 Å². The first-order valence-electron chi connectivity index (χ1n) is 7.03. The van der Waals surface area contributed by atoms with Crippen molar-refractivity contribution in [2.75, 3.05) is 26.2 Å². The Kier molecular flexibility index (Phi) is 11.0. The summed E-state index contributed by atoms with van der Waals surface area (Å²) in [5, 5.41) is 0. The van der Waals surface area contributed by atoms with Crippen molar-refractivity contribution in [3.8, 4) is 0 Å². The van der Waals surface area contributed by atoms with E-state index in [9.17, 15) is 8.78 Å². The van der Waals surface area contributed by atoms with Gasteiger partial charge in [0.2, 0.25) is 0 Å². The van der Waals surface area contributed by atoms with E-state index < -0.39 is 12.0 Å². The predicted molar refractivity (Wildman–Crippen MR) is 90.6 cm³/mol. The first kappa shape index (κ1) is 23.9. The highest BCUT2D eigenvalue weighted by molar-refractivity contribution is 5.86. The quantitative estimate of drug-likeness (QED) is 0.811. The molecule has 0 aromatic carbocycles. The summed E-state index contributed by atoms with van der Waals surface area (Å²) >= 11 is 0. The molecule has 1 heterocycles. The van der Waals surface area contributed by atoms with Gasteiger partial charge in [-0.25, -0.2) is 8.78 Å². The topological polar surface area (TPSA) is 32.5 Å². The highest BCUT2D eigenvalue weighted by atomic mass is 35.5. The Labute approximate surface area is 145 Å². The van der Waals surface area contributed by atoms with E-state index in [1.165, 1.54) is 0 Å². The minimum atomic E-state index is -2.68. The SMILES string of the molecule is CC(C)N1CCN(C2CCCC(F)(F)C2N)CC1.Cl.Cl.Cl. The van der Waals surface area contributed by atoms with Crippen molar-refractivity contribution in [2.45, 2.75) is 57.2 Å². The van der Waals surface area contributed by atoms with E-state index in [4.69, 9.17) is 5.73 Å². The van der Waals surface area contributed by atoms with Gasteiger partial charge in [-0.2, -0.15) is 0 Å². The van der Waals surface area contributed by atoms with E-state index in [1.807, 2.05) is 0 Å². The highest BCUT2D eigenvalue weighted by Gasteiger charge is 2.46. The van der Waals surface area contributed by atoms with Crippen molar-refractivity contribution < 1.29 is 8.78 Å². The molecular weight excluding hydrogens is 343 g/mol. The molecule has 0 aromatic rings. The van der Waals surface area contributed by atoms with Gasteiger partial charge in [-0.3, -0.25) is 9.80 Å². The van der Waals surface area contributed by atoms with E-state index in [2.05, 4.69) is 23.6 Å². The summed E-state index contributed by atoms with van der Waals surface area (Å²) in [4.78, 5) is 4.57. The fourth-order valence-electron chi connectivity index (χ4n) is 3.17. The molecule has 2 rings (SSSR count). The summed E-state index contributed by atoms with van der Waals surface area (Å²) in [6.07, 6.45) is 1.37. The average Bonchev–Trinajstić information content (AvgIpc) is 2.33. The smallest absolute Gasteiger partial charge is 0.264 e. The second-order valence-corrected chi connectivity index (χ2v) is 5.91. The molecule has 21 heavy (non-hydrogen) atoms. The van der Waals surface area contributed by atoms with Crippen molar-refractivity contribution in [3.05, 3.63) is 0 Å². The third kappa shape index (κ3) is 5.63. The molecule has 2 unspecified atom stereocenters. The van der Waals surface area contributed by atoms with Crippen molar-refractivity contribution in [3.63, 3.8) is 0 Å². The lowest BCUT2D eigenvalue weighted by Crippen LogP contribution is -2.62. The first-order valence-corrected chi connectivity index (χ1v) is 7.03. The Morgan fingerprint density at radius 1 is 1.05 bits per heavy atom. The number of hydrogen-bond acceptors (Lipinski definition) is 3. The lowest BCUT2D eigenvalue weighted by Gasteiger charge is -2.46. The normalized spacial score (nSPS) is 30.0. The van der Waals surface area contributed by atoms with Crippen LogP contribution in [0.3, 0.4) is 0 Å². The Morgan fingerprint density at radius 3 is 2.05 bits per heavy atom. The second-order valence-electron chi connectivity index (χ2n) is 5.91. The van der Waals surface area contributed by atoms with Crippen LogP contribution in [0.1, 0.15) is 33.1 Å². The first-order chi connectivity index (χ1) is 8.42. The maximum atomic E-state index is 13.6. The van der Waals surface area contributed by atoms with Crippen LogP contribution in [-0.4, -0.2) is 60.0 Å². The predicted octanol–water partition coefficient (Wildman–Crippen LogP) is 2.79. The van der Waals surface area contributed by atoms with E-state index in [0.717, 1.165) is 32.6 Å². The molecule has 0 bridgehead atoms. The molecule has 1 aliphatic heterocycles. The molecule has 8 heteroatoms. The summed E-state index contributed by atoms with van der Waals surface area (Å²) in [6.45, 7) is 8.02. The van der Waals surface area contributed by atoms with Gasteiger partial charge >= 0.3 is 0 Å². The summed E-state index contributed by atoms with van der Waals surface area (Å²) in [6, 6.07) is -0.589. The van der Waals surface area contributed by atoms with Gasteiger partial charge in [-0.15, -0.1) is 37.2 Å². The molecular formula is C13H28Cl3F2N3. The molecule has 1 saturated heterocycles. The van der Waals surface area contributed by atoms with Crippen molar-refractivity contribution >= 4 is 37.2 Å². The Balaban J connectivity index is 0. The molecule has 0 radical (unpaired) electrons. The van der Waals surface area contributed by atoms with Crippen molar-refractivity contribution in [1.29, 1.82) is 0 Å². The third-order valence-electron chi connectivity index (χ3n) is 4.46. The largest absolute Gasteiger partial charge is 0.321 e. The molecule has 0 amide bonds. The number of rotatable bonds is 2. The van der Waals surface area contributed by atoms with Crippen LogP contribution in [0.25, 0.3) is 0 Å². The van der Waals surface area contributed by atoms with Crippen LogP contribution in [-0.2, 0) is 0 Å². The highest BCUT2D eigenvalue weighted by Crippen LogP contribution is 2.35. The molecule has 2 N–H and O–H groups in total. The lowest BCUT2D eigenvalue weighted by atomic mass is 9.86. The maximum Gasteiger partial charge on any atom is 0.264 e. The zero-order valence-corrected chi connectivity index (χ0v) is 15.1. The third-order valence-corrected chi connectivity index (χ3v) is 4.46. The molecule has 1 aliphatic carbocycles. The van der Waals surface area contributed by atoms with Gasteiger partial charge in [0.05, 0.1) is 6.04 Å². The van der Waals surface area contributed by atoms with Crippen LogP contribution in [0.15, 0.2) is 0 Å². The monoisotopic (exact) mass is 369 g/mol.